The number of fused-ring (bicyclic) bond motifs is 1. The predicted octanol–water partition coefficient (Wildman–Crippen LogP) is 8.95. The van der Waals surface area contributed by atoms with Crippen molar-refractivity contribution < 1.29 is 27.9 Å². The molecule has 0 fully saturated rings. The molecule has 3 aromatic rings. The Labute approximate surface area is 254 Å². The Morgan fingerprint density at radius 2 is 1.86 bits per heavy atom. The van der Waals surface area contributed by atoms with Crippen LogP contribution in [0.5, 0.6) is 0 Å². The molecule has 0 spiro atoms. The molecule has 230 valence electrons. The number of amides is 1. The maximum absolute atomic E-state index is 13.7. The van der Waals surface area contributed by atoms with E-state index >= 15 is 0 Å². The van der Waals surface area contributed by atoms with E-state index in [0.29, 0.717) is 10.6 Å². The van der Waals surface area contributed by atoms with Crippen molar-refractivity contribution >= 4 is 40.1 Å². The normalized spacial score (nSPS) is 15.8. The van der Waals surface area contributed by atoms with Gasteiger partial charge in [-0.05, 0) is 55.0 Å². The highest BCUT2D eigenvalue weighted by molar-refractivity contribution is 6.31. The summed E-state index contributed by atoms with van der Waals surface area (Å²) < 4.78 is 43.2. The third-order valence-corrected chi connectivity index (χ3v) is 8.01. The molecule has 43 heavy (non-hydrogen) atoms. The van der Waals surface area contributed by atoms with Gasteiger partial charge in [0.1, 0.15) is 0 Å². The number of halogens is 4. The van der Waals surface area contributed by atoms with Gasteiger partial charge in [0, 0.05) is 58.5 Å². The number of anilines is 1. The number of unbranched alkanes of at least 4 members (excludes halogenated alkanes) is 3. The van der Waals surface area contributed by atoms with Crippen LogP contribution in [0.1, 0.15) is 80.0 Å². The summed E-state index contributed by atoms with van der Waals surface area (Å²) >= 11 is 6.32. The van der Waals surface area contributed by atoms with Crippen molar-refractivity contribution in [2.45, 2.75) is 70.1 Å². The Morgan fingerprint density at radius 1 is 1.12 bits per heavy atom. The van der Waals surface area contributed by atoms with E-state index in [1.165, 1.54) is 11.0 Å². The summed E-state index contributed by atoms with van der Waals surface area (Å²) in [4.78, 5) is 25.0. The summed E-state index contributed by atoms with van der Waals surface area (Å²) in [6.07, 6.45) is 4.57. The fourth-order valence-electron chi connectivity index (χ4n) is 5.48. The van der Waals surface area contributed by atoms with Crippen LogP contribution in [0.2, 0.25) is 5.02 Å². The minimum Gasteiger partial charge on any atom is -0.481 e. The molecule has 0 aliphatic heterocycles. The van der Waals surface area contributed by atoms with E-state index in [2.05, 4.69) is 12.2 Å². The third kappa shape index (κ3) is 8.22. The summed E-state index contributed by atoms with van der Waals surface area (Å²) in [6, 6.07) is 13.7. The minimum atomic E-state index is -4.41. The second-order valence-corrected chi connectivity index (χ2v) is 11.4. The van der Waals surface area contributed by atoms with Gasteiger partial charge in [0.2, 0.25) is 0 Å². The number of alkyl halides is 3. The summed E-state index contributed by atoms with van der Waals surface area (Å²) in [5.74, 6) is -1.25. The van der Waals surface area contributed by atoms with E-state index in [9.17, 15) is 22.8 Å². The van der Waals surface area contributed by atoms with Crippen LogP contribution in [0.4, 0.5) is 18.9 Å². The summed E-state index contributed by atoms with van der Waals surface area (Å²) in [5.41, 5.74) is 2.29. The fraction of sp³-hybridized carbons (Fsp3) is 0.394. The number of allylic oxidation sites excluding steroid dienone is 4. The zero-order chi connectivity index (χ0) is 31.1. The van der Waals surface area contributed by atoms with Crippen LogP contribution in [-0.4, -0.2) is 46.2 Å². The number of rotatable bonds is 13. The van der Waals surface area contributed by atoms with Crippen molar-refractivity contribution in [3.8, 4) is 0 Å². The number of carbonyl (C=O) groups excluding carboxylic acids is 1. The lowest BCUT2D eigenvalue weighted by atomic mass is 9.98. The number of hydrogen-bond donors (Lipinski definition) is 2. The van der Waals surface area contributed by atoms with Crippen LogP contribution >= 0.6 is 11.6 Å². The number of carbonyl (C=O) groups is 2. The lowest BCUT2D eigenvalue weighted by Gasteiger charge is -2.28. The van der Waals surface area contributed by atoms with Gasteiger partial charge in [-0.25, -0.2) is 0 Å². The van der Waals surface area contributed by atoms with E-state index in [4.69, 9.17) is 16.7 Å². The molecule has 2 atom stereocenters. The monoisotopic (exact) mass is 615 g/mol. The molecule has 2 aromatic carbocycles. The van der Waals surface area contributed by atoms with E-state index in [1.54, 1.807) is 37.4 Å². The zero-order valence-corrected chi connectivity index (χ0v) is 25.1. The summed E-state index contributed by atoms with van der Waals surface area (Å²) in [7, 11) is 1.56. The van der Waals surface area contributed by atoms with Crippen molar-refractivity contribution in [3.63, 3.8) is 0 Å². The molecule has 10 heteroatoms. The van der Waals surface area contributed by atoms with Gasteiger partial charge in [-0.15, -0.1) is 0 Å². The van der Waals surface area contributed by atoms with Gasteiger partial charge in [0.15, 0.2) is 0 Å². The zero-order valence-electron chi connectivity index (χ0n) is 24.3. The number of benzene rings is 2. The molecule has 1 heterocycles. The molecule has 1 amide bonds. The number of aromatic nitrogens is 1. The average molecular weight is 616 g/mol. The van der Waals surface area contributed by atoms with Crippen LogP contribution < -0.4 is 5.32 Å². The Hall–Kier alpha value is -3.72. The maximum Gasteiger partial charge on any atom is 0.412 e. The molecule has 0 bridgehead atoms. The lowest BCUT2D eigenvalue weighted by molar-refractivity contribution is -0.137. The highest BCUT2D eigenvalue weighted by atomic mass is 35.5. The summed E-state index contributed by atoms with van der Waals surface area (Å²) in [6.45, 7) is 2.24. The van der Waals surface area contributed by atoms with Gasteiger partial charge in [0.05, 0.1) is 18.5 Å². The first kappa shape index (κ1) is 32.2. The first-order valence-electron chi connectivity index (χ1n) is 14.6. The molecule has 0 radical (unpaired) electrons. The standard InChI is InChI=1S/C33H37ClF3N3O3/c1-3-4-5-6-10-28(38-26-14-11-22(12-15-26)32(43)39(2)18-17-31(41)42)30-20-23-19-25(34)13-16-29(23)40(30)27-9-7-8-24(21-27)33(35,36)37/h7-9,11-16,19-20,27-28,38H,3-6,10,17-18,21H2,1-2H3,(H,41,42). The number of nitrogens with one attached hydrogen (secondary N) is 1. The highest BCUT2D eigenvalue weighted by Crippen LogP contribution is 2.40. The van der Waals surface area contributed by atoms with E-state index < -0.39 is 23.8 Å². The number of hydrogen-bond acceptors (Lipinski definition) is 3. The van der Waals surface area contributed by atoms with Crippen molar-refractivity contribution in [3.05, 3.63) is 88.6 Å². The fourth-order valence-corrected chi connectivity index (χ4v) is 5.66. The first-order valence-corrected chi connectivity index (χ1v) is 14.9. The summed E-state index contributed by atoms with van der Waals surface area (Å²) in [5, 5.41) is 13.9. The maximum atomic E-state index is 13.7. The number of aliphatic carboxylic acids is 1. The second kappa shape index (κ2) is 14.2. The van der Waals surface area contributed by atoms with Crippen LogP contribution in [0.3, 0.4) is 0 Å². The topological polar surface area (TPSA) is 74.6 Å². The second-order valence-electron chi connectivity index (χ2n) is 11.0. The quantitative estimate of drug-likeness (QED) is 0.188. The molecule has 4 rings (SSSR count). The molecule has 6 nitrogen and oxygen atoms in total. The molecular formula is C33H37ClF3N3O3. The smallest absolute Gasteiger partial charge is 0.412 e. The lowest BCUT2D eigenvalue weighted by Crippen LogP contribution is -2.29. The van der Waals surface area contributed by atoms with Crippen LogP contribution in [0.25, 0.3) is 10.9 Å². The van der Waals surface area contributed by atoms with Crippen molar-refractivity contribution in [2.24, 2.45) is 0 Å². The first-order chi connectivity index (χ1) is 20.5. The number of carboxylic acids is 1. The minimum absolute atomic E-state index is 0.101. The van der Waals surface area contributed by atoms with Gasteiger partial charge < -0.3 is 19.9 Å². The largest absolute Gasteiger partial charge is 0.481 e. The Morgan fingerprint density at radius 3 is 2.53 bits per heavy atom. The number of carboxylic acid groups (broad SMARTS) is 1. The number of nitrogens with zero attached hydrogens (tertiary/aromatic N) is 2. The highest BCUT2D eigenvalue weighted by Gasteiger charge is 2.36. The molecule has 0 saturated heterocycles. The van der Waals surface area contributed by atoms with Crippen molar-refractivity contribution in [2.75, 3.05) is 18.9 Å². The van der Waals surface area contributed by atoms with Crippen LogP contribution in [0, 0.1) is 0 Å². The van der Waals surface area contributed by atoms with Crippen molar-refractivity contribution in [1.82, 2.24) is 9.47 Å². The molecule has 1 aliphatic rings. The Bertz CT molecular complexity index is 1490. The van der Waals surface area contributed by atoms with Crippen molar-refractivity contribution in [1.29, 1.82) is 0 Å². The van der Waals surface area contributed by atoms with Gasteiger partial charge in [-0.3, -0.25) is 9.59 Å². The van der Waals surface area contributed by atoms with E-state index in [1.807, 2.05) is 28.8 Å². The van der Waals surface area contributed by atoms with Gasteiger partial charge in [-0.1, -0.05) is 62.4 Å². The predicted molar refractivity (Wildman–Crippen MR) is 165 cm³/mol. The van der Waals surface area contributed by atoms with Crippen LogP contribution in [-0.2, 0) is 4.79 Å². The molecule has 1 aliphatic carbocycles. The third-order valence-electron chi connectivity index (χ3n) is 7.77. The average Bonchev–Trinajstić information content (AvgIpc) is 3.35. The van der Waals surface area contributed by atoms with E-state index in [0.717, 1.165) is 60.5 Å². The van der Waals surface area contributed by atoms with Gasteiger partial charge >= 0.3 is 12.1 Å². The molecule has 2 unspecified atom stereocenters. The van der Waals surface area contributed by atoms with Crippen LogP contribution in [0.15, 0.2) is 72.3 Å². The Balaban J connectivity index is 1.67. The Kier molecular flexibility index (Phi) is 10.6. The molecule has 1 aromatic heterocycles. The SMILES string of the molecule is CCCCCCC(Nc1ccc(C(=O)N(C)CCC(=O)O)cc1)c1cc2cc(Cl)ccc2n1C1C=CC=C(C(F)(F)F)C1. The van der Waals surface area contributed by atoms with E-state index in [-0.39, 0.29) is 31.3 Å². The van der Waals surface area contributed by atoms with Gasteiger partial charge in [-0.2, -0.15) is 13.2 Å². The molecule has 2 N–H and O–H groups in total. The molecular weight excluding hydrogens is 579 g/mol. The van der Waals surface area contributed by atoms with Gasteiger partial charge in [0.25, 0.3) is 5.91 Å². The molecule has 0 saturated carbocycles.